The van der Waals surface area contributed by atoms with Crippen molar-refractivity contribution in [1.29, 1.82) is 0 Å². The molecular formula is C15H23N3O3. The zero-order chi connectivity index (χ0) is 15.5. The molecule has 1 aromatic rings. The van der Waals surface area contributed by atoms with Crippen LogP contribution in [0.4, 0.5) is 4.79 Å². The van der Waals surface area contributed by atoms with E-state index < -0.39 is 0 Å². The first-order valence-corrected chi connectivity index (χ1v) is 6.94. The van der Waals surface area contributed by atoms with Gasteiger partial charge in [0.05, 0.1) is 13.2 Å². The van der Waals surface area contributed by atoms with Gasteiger partial charge in [0.2, 0.25) is 5.91 Å². The number of urea groups is 1. The van der Waals surface area contributed by atoms with Crippen LogP contribution in [-0.4, -0.2) is 50.6 Å². The molecule has 0 heterocycles. The fourth-order valence-corrected chi connectivity index (χ4v) is 1.63. The smallest absolute Gasteiger partial charge is 0.317 e. The largest absolute Gasteiger partial charge is 0.375 e. The lowest BCUT2D eigenvalue weighted by molar-refractivity contribution is -0.120. The van der Waals surface area contributed by atoms with E-state index in [1.165, 1.54) is 4.90 Å². The predicted octanol–water partition coefficient (Wildman–Crippen LogP) is 0.981. The molecule has 3 amide bonds. The lowest BCUT2D eigenvalue weighted by atomic mass is 10.2. The quantitative estimate of drug-likeness (QED) is 0.702. The van der Waals surface area contributed by atoms with Crippen LogP contribution in [0.15, 0.2) is 30.3 Å². The molecule has 0 atom stereocenters. The maximum absolute atomic E-state index is 11.7. The van der Waals surface area contributed by atoms with Crippen molar-refractivity contribution >= 4 is 11.9 Å². The van der Waals surface area contributed by atoms with E-state index in [0.717, 1.165) is 5.56 Å². The molecule has 21 heavy (non-hydrogen) atoms. The average molecular weight is 293 g/mol. The minimum absolute atomic E-state index is 0.0826. The second kappa shape index (κ2) is 9.77. The first-order chi connectivity index (χ1) is 10.1. The van der Waals surface area contributed by atoms with E-state index in [-0.39, 0.29) is 11.9 Å². The highest BCUT2D eigenvalue weighted by Gasteiger charge is 2.08. The van der Waals surface area contributed by atoms with Crippen LogP contribution < -0.4 is 10.6 Å². The Morgan fingerprint density at radius 3 is 2.62 bits per heavy atom. The minimum atomic E-state index is -0.206. The number of ether oxygens (including phenoxy) is 1. The van der Waals surface area contributed by atoms with E-state index in [4.69, 9.17) is 4.74 Å². The average Bonchev–Trinajstić information content (AvgIpc) is 2.52. The molecule has 2 N–H and O–H groups in total. The van der Waals surface area contributed by atoms with Gasteiger partial charge >= 0.3 is 6.03 Å². The van der Waals surface area contributed by atoms with E-state index in [1.807, 2.05) is 30.3 Å². The molecule has 1 aromatic carbocycles. The molecule has 0 bridgehead atoms. The van der Waals surface area contributed by atoms with Gasteiger partial charge in [0.15, 0.2) is 0 Å². The molecule has 0 fully saturated rings. The molecule has 0 aromatic heterocycles. The molecule has 0 aliphatic heterocycles. The van der Waals surface area contributed by atoms with Crippen LogP contribution in [0.25, 0.3) is 0 Å². The number of carbonyl (C=O) groups is 2. The third-order valence-corrected chi connectivity index (χ3v) is 2.93. The van der Waals surface area contributed by atoms with Gasteiger partial charge in [-0.05, 0) is 5.56 Å². The first-order valence-electron chi connectivity index (χ1n) is 6.94. The number of nitrogens with zero attached hydrogens (tertiary/aromatic N) is 1. The number of amides is 3. The highest BCUT2D eigenvalue weighted by Crippen LogP contribution is 1.99. The van der Waals surface area contributed by atoms with E-state index in [2.05, 4.69) is 10.6 Å². The monoisotopic (exact) mass is 293 g/mol. The summed E-state index contributed by atoms with van der Waals surface area (Å²) in [5.74, 6) is -0.0826. The molecule has 0 aliphatic rings. The van der Waals surface area contributed by atoms with Crippen LogP contribution >= 0.6 is 0 Å². The van der Waals surface area contributed by atoms with Crippen LogP contribution in [0, 0.1) is 0 Å². The summed E-state index contributed by atoms with van der Waals surface area (Å²) < 4.78 is 5.47. The molecule has 0 radical (unpaired) electrons. The van der Waals surface area contributed by atoms with Gasteiger partial charge in [-0.25, -0.2) is 4.79 Å². The van der Waals surface area contributed by atoms with Crippen LogP contribution in [0.5, 0.6) is 0 Å². The fraction of sp³-hybridized carbons (Fsp3) is 0.467. The van der Waals surface area contributed by atoms with Gasteiger partial charge < -0.3 is 20.3 Å². The van der Waals surface area contributed by atoms with Crippen molar-refractivity contribution < 1.29 is 14.3 Å². The molecule has 0 spiro atoms. The molecule has 6 heteroatoms. The van der Waals surface area contributed by atoms with Crippen LogP contribution in [0.1, 0.15) is 12.0 Å². The SMILES string of the molecule is CNC(=O)CCN(C)C(=O)NCCOCc1ccccc1. The van der Waals surface area contributed by atoms with Crippen LogP contribution in [0.3, 0.4) is 0 Å². The summed E-state index contributed by atoms with van der Waals surface area (Å²) in [6, 6.07) is 9.65. The van der Waals surface area contributed by atoms with Gasteiger partial charge in [-0.15, -0.1) is 0 Å². The normalized spacial score (nSPS) is 10.0. The van der Waals surface area contributed by atoms with E-state index in [1.54, 1.807) is 14.1 Å². The Bertz CT molecular complexity index is 437. The number of hydrogen-bond acceptors (Lipinski definition) is 3. The van der Waals surface area contributed by atoms with Crippen molar-refractivity contribution in [2.75, 3.05) is 33.8 Å². The molecule has 1 rings (SSSR count). The van der Waals surface area contributed by atoms with E-state index >= 15 is 0 Å². The Balaban J connectivity index is 2.08. The molecule has 6 nitrogen and oxygen atoms in total. The van der Waals surface area contributed by atoms with Gasteiger partial charge in [-0.3, -0.25) is 4.79 Å². The van der Waals surface area contributed by atoms with Crippen molar-refractivity contribution in [3.8, 4) is 0 Å². The third kappa shape index (κ3) is 7.31. The summed E-state index contributed by atoms with van der Waals surface area (Å²) >= 11 is 0. The molecule has 0 unspecified atom stereocenters. The molecule has 0 saturated heterocycles. The number of rotatable bonds is 8. The Labute approximate surface area is 125 Å². The van der Waals surface area contributed by atoms with E-state index in [9.17, 15) is 9.59 Å². The van der Waals surface area contributed by atoms with Gasteiger partial charge in [0.1, 0.15) is 0 Å². The zero-order valence-electron chi connectivity index (χ0n) is 12.6. The Morgan fingerprint density at radius 2 is 1.95 bits per heavy atom. The number of carbonyl (C=O) groups excluding carboxylic acids is 2. The molecule has 0 saturated carbocycles. The van der Waals surface area contributed by atoms with E-state index in [0.29, 0.717) is 32.7 Å². The minimum Gasteiger partial charge on any atom is -0.375 e. The number of benzene rings is 1. The summed E-state index contributed by atoms with van der Waals surface area (Å²) in [5.41, 5.74) is 1.10. The summed E-state index contributed by atoms with van der Waals surface area (Å²) in [6.45, 7) is 1.81. The standard InChI is InChI=1S/C15H23N3O3/c1-16-14(19)8-10-18(2)15(20)17-9-11-21-12-13-6-4-3-5-7-13/h3-7H,8-12H2,1-2H3,(H,16,19)(H,17,20). The maximum atomic E-state index is 11.7. The number of nitrogens with one attached hydrogen (secondary N) is 2. The summed E-state index contributed by atoms with van der Waals surface area (Å²) in [5, 5.41) is 5.26. The topological polar surface area (TPSA) is 70.7 Å². The van der Waals surface area contributed by atoms with Crippen molar-refractivity contribution in [3.63, 3.8) is 0 Å². The Kier molecular flexibility index (Phi) is 7.89. The second-order valence-corrected chi connectivity index (χ2v) is 4.61. The van der Waals surface area contributed by atoms with Crippen molar-refractivity contribution in [2.45, 2.75) is 13.0 Å². The van der Waals surface area contributed by atoms with Crippen LogP contribution in [0.2, 0.25) is 0 Å². The van der Waals surface area contributed by atoms with Gasteiger partial charge in [0, 0.05) is 33.6 Å². The van der Waals surface area contributed by atoms with Gasteiger partial charge in [-0.1, -0.05) is 30.3 Å². The van der Waals surface area contributed by atoms with Crippen molar-refractivity contribution in [1.82, 2.24) is 15.5 Å². The zero-order valence-corrected chi connectivity index (χ0v) is 12.6. The lowest BCUT2D eigenvalue weighted by Crippen LogP contribution is -2.40. The van der Waals surface area contributed by atoms with Gasteiger partial charge in [0.25, 0.3) is 0 Å². The highest BCUT2D eigenvalue weighted by molar-refractivity contribution is 5.77. The molecule has 0 aliphatic carbocycles. The summed E-state index contributed by atoms with van der Waals surface area (Å²) in [7, 11) is 3.23. The first kappa shape index (κ1) is 17.0. The summed E-state index contributed by atoms with van der Waals surface area (Å²) in [6.07, 6.45) is 0.297. The summed E-state index contributed by atoms with van der Waals surface area (Å²) in [4.78, 5) is 24.3. The Morgan fingerprint density at radius 1 is 1.24 bits per heavy atom. The van der Waals surface area contributed by atoms with Gasteiger partial charge in [-0.2, -0.15) is 0 Å². The highest BCUT2D eigenvalue weighted by atomic mass is 16.5. The number of hydrogen-bond donors (Lipinski definition) is 2. The fourth-order valence-electron chi connectivity index (χ4n) is 1.63. The molecular weight excluding hydrogens is 270 g/mol. The van der Waals surface area contributed by atoms with Crippen molar-refractivity contribution in [2.24, 2.45) is 0 Å². The predicted molar refractivity (Wildman–Crippen MR) is 80.8 cm³/mol. The third-order valence-electron chi connectivity index (χ3n) is 2.93. The van der Waals surface area contributed by atoms with Crippen LogP contribution in [-0.2, 0) is 16.1 Å². The van der Waals surface area contributed by atoms with Crippen molar-refractivity contribution in [3.05, 3.63) is 35.9 Å². The Hall–Kier alpha value is -2.08. The lowest BCUT2D eigenvalue weighted by Gasteiger charge is -2.17. The maximum Gasteiger partial charge on any atom is 0.317 e. The second-order valence-electron chi connectivity index (χ2n) is 4.61. The molecule has 116 valence electrons.